The van der Waals surface area contributed by atoms with Crippen LogP contribution in [0.25, 0.3) is 0 Å². The Morgan fingerprint density at radius 1 is 1.34 bits per heavy atom. The fraction of sp³-hybridized carbons (Fsp3) is 0.444. The van der Waals surface area contributed by atoms with Crippen LogP contribution in [0.3, 0.4) is 0 Å². The topological polar surface area (TPSA) is 105 Å². The minimum Gasteiger partial charge on any atom is -0.480 e. The number of amides is 1. The van der Waals surface area contributed by atoms with Gasteiger partial charge in [0.15, 0.2) is 5.17 Å². The Hall–Kier alpha value is -2.40. The van der Waals surface area contributed by atoms with E-state index in [0.717, 1.165) is 12.1 Å². The number of amidine groups is 1. The summed E-state index contributed by atoms with van der Waals surface area (Å²) in [6.07, 6.45) is -6.02. The molecule has 2 rings (SSSR count). The van der Waals surface area contributed by atoms with Crippen LogP contribution in [0.4, 0.5) is 18.9 Å². The second kappa shape index (κ2) is 8.15. The normalized spacial score (nSPS) is 22.4. The van der Waals surface area contributed by atoms with Crippen molar-refractivity contribution in [3.63, 3.8) is 0 Å². The van der Waals surface area contributed by atoms with Crippen molar-refractivity contribution in [1.82, 2.24) is 5.32 Å². The number of rotatable bonds is 6. The number of hydrogen-bond donors (Lipinski definition) is 2. The van der Waals surface area contributed by atoms with Gasteiger partial charge in [0.25, 0.3) is 5.91 Å². The highest BCUT2D eigenvalue weighted by molar-refractivity contribution is 8.17. The van der Waals surface area contributed by atoms with Crippen LogP contribution in [0.5, 0.6) is 0 Å². The van der Waals surface area contributed by atoms with Gasteiger partial charge in [0, 0.05) is 6.42 Å². The van der Waals surface area contributed by atoms with Crippen molar-refractivity contribution < 1.29 is 37.4 Å². The number of benzene rings is 1. The predicted molar refractivity (Wildman–Crippen MR) is 99.9 cm³/mol. The van der Waals surface area contributed by atoms with Gasteiger partial charge in [-0.1, -0.05) is 23.9 Å². The highest BCUT2D eigenvalue weighted by Crippen LogP contribution is 2.41. The van der Waals surface area contributed by atoms with Gasteiger partial charge in [-0.05, 0) is 32.9 Å². The smallest absolute Gasteiger partial charge is 0.418 e. The second-order valence-electron chi connectivity index (χ2n) is 7.23. The van der Waals surface area contributed by atoms with E-state index in [-0.39, 0.29) is 5.17 Å². The van der Waals surface area contributed by atoms with Crippen molar-refractivity contribution in [2.45, 2.75) is 49.8 Å². The summed E-state index contributed by atoms with van der Waals surface area (Å²) in [7, 11) is 0. The number of nitrogens with zero attached hydrogens (tertiary/aromatic N) is 1. The number of aliphatic carboxylic acids is 1. The highest BCUT2D eigenvalue weighted by atomic mass is 32.2. The number of aliphatic imine (C=N–C) groups is 1. The van der Waals surface area contributed by atoms with Crippen molar-refractivity contribution in [1.29, 1.82) is 0 Å². The van der Waals surface area contributed by atoms with Crippen LogP contribution in [0.2, 0.25) is 0 Å². The number of carbonyl (C=O) groups is 3. The van der Waals surface area contributed by atoms with Gasteiger partial charge in [0.05, 0.1) is 16.9 Å². The zero-order valence-electron chi connectivity index (χ0n) is 15.7. The van der Waals surface area contributed by atoms with Crippen LogP contribution in [0.1, 0.15) is 32.8 Å². The fourth-order valence-electron chi connectivity index (χ4n) is 2.62. The Balaban J connectivity index is 2.38. The van der Waals surface area contributed by atoms with Crippen molar-refractivity contribution in [2.75, 3.05) is 0 Å². The molecule has 1 fully saturated rings. The quantitative estimate of drug-likeness (QED) is 0.529. The third kappa shape index (κ3) is 5.36. The summed E-state index contributed by atoms with van der Waals surface area (Å²) in [4.78, 5) is 39.5. The number of alkyl halides is 3. The van der Waals surface area contributed by atoms with E-state index in [4.69, 9.17) is 4.74 Å². The molecular formula is C18H19F3N2O5S. The zero-order chi connectivity index (χ0) is 22.0. The van der Waals surface area contributed by atoms with E-state index in [1.807, 2.05) is 0 Å². The van der Waals surface area contributed by atoms with Crippen LogP contribution < -0.4 is 5.32 Å². The summed E-state index contributed by atoms with van der Waals surface area (Å²) in [6, 6.07) is 4.44. The number of hydrogen-bond acceptors (Lipinski definition) is 6. The molecule has 0 bridgehead atoms. The Morgan fingerprint density at radius 3 is 2.48 bits per heavy atom. The fourth-order valence-corrected chi connectivity index (χ4v) is 3.72. The SMILES string of the molecule is CC(C)(C)OC(C=O)CC1(C(=O)O)SC(=Nc2ccccc2C(F)(F)F)NC1=O. The van der Waals surface area contributed by atoms with Crippen LogP contribution in [0, 0.1) is 0 Å². The molecule has 0 radical (unpaired) electrons. The molecule has 1 aliphatic heterocycles. The first kappa shape index (κ1) is 22.9. The molecule has 158 valence electrons. The lowest BCUT2D eigenvalue weighted by Gasteiger charge is -2.28. The van der Waals surface area contributed by atoms with Gasteiger partial charge in [-0.15, -0.1) is 0 Å². The maximum atomic E-state index is 13.1. The van der Waals surface area contributed by atoms with E-state index in [2.05, 4.69) is 10.3 Å². The van der Waals surface area contributed by atoms with Gasteiger partial charge >= 0.3 is 12.1 Å². The number of carboxylic acids is 1. The van der Waals surface area contributed by atoms with Crippen LogP contribution >= 0.6 is 11.8 Å². The van der Waals surface area contributed by atoms with E-state index in [1.54, 1.807) is 20.8 Å². The Kier molecular flexibility index (Phi) is 6.43. The maximum absolute atomic E-state index is 13.1. The van der Waals surface area contributed by atoms with Crippen molar-refractivity contribution >= 4 is 40.8 Å². The van der Waals surface area contributed by atoms with Gasteiger partial charge in [-0.25, -0.2) is 4.99 Å². The standard InChI is InChI=1S/C18H19F3N2O5S/c1-16(2,3)28-10(9-24)8-17(14(26)27)13(25)23-15(29-17)22-12-7-5-4-6-11(12)18(19,20)21/h4-7,9-10H,8H2,1-3H3,(H,26,27)(H,22,23,25). The molecule has 2 atom stereocenters. The summed E-state index contributed by atoms with van der Waals surface area (Å²) in [5.41, 5.74) is -2.29. The lowest BCUT2D eigenvalue weighted by molar-refractivity contribution is -0.148. The van der Waals surface area contributed by atoms with Gasteiger partial charge in [-0.3, -0.25) is 9.59 Å². The lowest BCUT2D eigenvalue weighted by Crippen LogP contribution is -2.47. The molecule has 7 nitrogen and oxygen atoms in total. The number of para-hydroxylation sites is 1. The monoisotopic (exact) mass is 432 g/mol. The molecule has 11 heteroatoms. The number of carbonyl (C=O) groups excluding carboxylic acids is 2. The minimum absolute atomic E-state index is 0.311. The van der Waals surface area contributed by atoms with Gasteiger partial charge in [0.2, 0.25) is 4.75 Å². The van der Waals surface area contributed by atoms with E-state index < -0.39 is 52.2 Å². The van der Waals surface area contributed by atoms with Gasteiger partial charge in [-0.2, -0.15) is 13.2 Å². The molecule has 1 amide bonds. The number of ether oxygens (including phenoxy) is 1. The van der Waals surface area contributed by atoms with E-state index in [0.29, 0.717) is 18.0 Å². The number of aldehydes is 1. The average molecular weight is 432 g/mol. The minimum atomic E-state index is -4.68. The molecule has 29 heavy (non-hydrogen) atoms. The van der Waals surface area contributed by atoms with Crippen LogP contribution in [0.15, 0.2) is 29.3 Å². The first-order chi connectivity index (χ1) is 13.3. The first-order valence-electron chi connectivity index (χ1n) is 8.40. The van der Waals surface area contributed by atoms with E-state index in [1.165, 1.54) is 12.1 Å². The largest absolute Gasteiger partial charge is 0.480 e. The molecule has 2 unspecified atom stereocenters. The summed E-state index contributed by atoms with van der Waals surface area (Å²) in [6.45, 7) is 4.96. The van der Waals surface area contributed by atoms with Crippen molar-refractivity contribution in [2.24, 2.45) is 4.99 Å². The zero-order valence-corrected chi connectivity index (χ0v) is 16.6. The van der Waals surface area contributed by atoms with Crippen molar-refractivity contribution in [3.05, 3.63) is 29.8 Å². The molecule has 0 saturated carbocycles. The molecule has 1 aromatic rings. The maximum Gasteiger partial charge on any atom is 0.418 e. The molecule has 0 aromatic heterocycles. The summed E-state index contributed by atoms with van der Waals surface area (Å²) >= 11 is 0.442. The average Bonchev–Trinajstić information content (AvgIpc) is 2.89. The molecule has 0 spiro atoms. The van der Waals surface area contributed by atoms with Gasteiger partial charge < -0.3 is 20.0 Å². The lowest BCUT2D eigenvalue weighted by atomic mass is 9.99. The first-order valence-corrected chi connectivity index (χ1v) is 9.22. The summed E-state index contributed by atoms with van der Waals surface area (Å²) in [5, 5.41) is 11.5. The number of halogens is 3. The molecule has 1 heterocycles. The Labute approximate surface area is 168 Å². The second-order valence-corrected chi connectivity index (χ2v) is 8.52. The Morgan fingerprint density at radius 2 is 1.97 bits per heavy atom. The van der Waals surface area contributed by atoms with E-state index in [9.17, 15) is 32.7 Å². The number of nitrogens with one attached hydrogen (secondary N) is 1. The van der Waals surface area contributed by atoms with Crippen LogP contribution in [-0.4, -0.2) is 44.9 Å². The number of carboxylic acid groups (broad SMARTS) is 1. The third-order valence-electron chi connectivity index (χ3n) is 3.78. The molecule has 0 aliphatic carbocycles. The molecule has 1 aliphatic rings. The van der Waals surface area contributed by atoms with Crippen molar-refractivity contribution in [3.8, 4) is 0 Å². The van der Waals surface area contributed by atoms with Gasteiger partial charge in [0.1, 0.15) is 12.4 Å². The van der Waals surface area contributed by atoms with Crippen LogP contribution in [-0.2, 0) is 25.3 Å². The Bertz CT molecular complexity index is 851. The highest BCUT2D eigenvalue weighted by Gasteiger charge is 2.55. The third-order valence-corrected chi connectivity index (χ3v) is 5.04. The number of thioether (sulfide) groups is 1. The molecular weight excluding hydrogens is 413 g/mol. The van der Waals surface area contributed by atoms with E-state index >= 15 is 0 Å². The molecule has 1 aromatic carbocycles. The summed E-state index contributed by atoms with van der Waals surface area (Å²) < 4.78 is 42.7. The predicted octanol–water partition coefficient (Wildman–Crippen LogP) is 3.15. The molecule has 2 N–H and O–H groups in total. The molecule has 1 saturated heterocycles. The summed E-state index contributed by atoms with van der Waals surface area (Å²) in [5.74, 6) is -2.55.